The van der Waals surface area contributed by atoms with E-state index in [9.17, 15) is 14.7 Å². The molecule has 5 rings (SSSR count). The highest BCUT2D eigenvalue weighted by atomic mass is 32.1. The summed E-state index contributed by atoms with van der Waals surface area (Å²) < 4.78 is 5.61. The highest BCUT2D eigenvalue weighted by molar-refractivity contribution is 7.12. The number of carboxylic acids is 1. The molecule has 2 aromatic heterocycles. The van der Waals surface area contributed by atoms with Crippen molar-refractivity contribution >= 4 is 23.2 Å². The van der Waals surface area contributed by atoms with E-state index in [2.05, 4.69) is 10.1 Å². The standard InChI is InChI=1S/C20H23N3O4S/c24-16(23-9-3-5-13(23)20(25)26)10-15-17(12-4-1-2-6-14(12)28-15)19-21-18(22-27-19)11-7-8-11/h11,13H,1-10H2,(H,25,26)/t13-/m0/s1. The third-order valence-corrected chi connectivity index (χ3v) is 7.30. The predicted octanol–water partition coefficient (Wildman–Crippen LogP) is 3.17. The van der Waals surface area contributed by atoms with E-state index in [-0.39, 0.29) is 12.3 Å². The Bertz CT molecular complexity index is 930. The summed E-state index contributed by atoms with van der Waals surface area (Å²) in [6, 6.07) is -0.699. The van der Waals surface area contributed by atoms with Crippen LogP contribution in [-0.2, 0) is 28.9 Å². The molecule has 0 bridgehead atoms. The summed E-state index contributed by atoms with van der Waals surface area (Å²) in [4.78, 5) is 32.8. The number of hydrogen-bond donors (Lipinski definition) is 1. The van der Waals surface area contributed by atoms with Crippen molar-refractivity contribution < 1.29 is 19.2 Å². The lowest BCUT2D eigenvalue weighted by Gasteiger charge is -2.21. The number of aromatic nitrogens is 2. The van der Waals surface area contributed by atoms with Gasteiger partial charge in [-0.1, -0.05) is 5.16 Å². The summed E-state index contributed by atoms with van der Waals surface area (Å²) >= 11 is 1.66. The largest absolute Gasteiger partial charge is 0.480 e. The van der Waals surface area contributed by atoms with Gasteiger partial charge in [0.2, 0.25) is 5.91 Å². The number of aliphatic carboxylic acids is 1. The predicted molar refractivity (Wildman–Crippen MR) is 102 cm³/mol. The van der Waals surface area contributed by atoms with Crippen molar-refractivity contribution in [2.45, 2.75) is 69.7 Å². The molecule has 2 fully saturated rings. The Hall–Kier alpha value is -2.22. The van der Waals surface area contributed by atoms with Gasteiger partial charge in [-0.05, 0) is 56.9 Å². The molecule has 1 aliphatic heterocycles. The summed E-state index contributed by atoms with van der Waals surface area (Å²) in [7, 11) is 0. The van der Waals surface area contributed by atoms with Crippen molar-refractivity contribution in [2.75, 3.05) is 6.54 Å². The number of rotatable bonds is 5. The number of carbonyl (C=O) groups excluding carboxylic acids is 1. The second kappa shape index (κ2) is 6.99. The van der Waals surface area contributed by atoms with Gasteiger partial charge < -0.3 is 14.5 Å². The fourth-order valence-corrected chi connectivity index (χ4v) is 5.78. The van der Waals surface area contributed by atoms with Gasteiger partial charge in [0.05, 0.1) is 12.0 Å². The second-order valence-corrected chi connectivity index (χ2v) is 9.19. The molecule has 1 atom stereocenters. The molecule has 2 aliphatic carbocycles. The number of thiophene rings is 1. The van der Waals surface area contributed by atoms with Gasteiger partial charge >= 0.3 is 5.97 Å². The molecule has 0 radical (unpaired) electrons. The van der Waals surface area contributed by atoms with Crippen LogP contribution in [0, 0.1) is 0 Å². The molecule has 3 aliphatic rings. The van der Waals surface area contributed by atoms with Crippen LogP contribution in [0.2, 0.25) is 0 Å². The number of carboxylic acid groups (broad SMARTS) is 1. The van der Waals surface area contributed by atoms with Gasteiger partial charge in [0.1, 0.15) is 6.04 Å². The average Bonchev–Trinajstić information content (AvgIpc) is 3.10. The Morgan fingerprint density at radius 2 is 2.00 bits per heavy atom. The molecule has 0 spiro atoms. The lowest BCUT2D eigenvalue weighted by molar-refractivity contribution is -0.147. The second-order valence-electron chi connectivity index (χ2n) is 8.00. The Balaban J connectivity index is 1.47. The summed E-state index contributed by atoms with van der Waals surface area (Å²) in [5.41, 5.74) is 2.19. The Morgan fingerprint density at radius 3 is 2.79 bits per heavy atom. The summed E-state index contributed by atoms with van der Waals surface area (Å²) in [5, 5.41) is 13.6. The van der Waals surface area contributed by atoms with E-state index >= 15 is 0 Å². The number of amides is 1. The number of likely N-dealkylation sites (tertiary alicyclic amines) is 1. The fraction of sp³-hybridized carbons (Fsp3) is 0.600. The van der Waals surface area contributed by atoms with Crippen molar-refractivity contribution in [2.24, 2.45) is 0 Å². The lowest BCUT2D eigenvalue weighted by atomic mass is 9.94. The molecular formula is C20H23N3O4S. The summed E-state index contributed by atoms with van der Waals surface area (Å²) in [6.07, 6.45) is 7.97. The van der Waals surface area contributed by atoms with E-state index in [1.807, 2.05) is 0 Å². The molecular weight excluding hydrogens is 378 g/mol. The van der Waals surface area contributed by atoms with Crippen LogP contribution in [-0.4, -0.2) is 44.6 Å². The van der Waals surface area contributed by atoms with E-state index in [1.54, 1.807) is 11.3 Å². The molecule has 0 unspecified atom stereocenters. The fourth-order valence-electron chi connectivity index (χ4n) is 4.40. The first-order chi connectivity index (χ1) is 13.6. The quantitative estimate of drug-likeness (QED) is 0.827. The number of fused-ring (bicyclic) bond motifs is 1. The first-order valence-corrected chi connectivity index (χ1v) is 10.9. The van der Waals surface area contributed by atoms with Crippen molar-refractivity contribution in [1.29, 1.82) is 0 Å². The normalized spacial score (nSPS) is 21.7. The number of aryl methyl sites for hydroxylation is 1. The maximum absolute atomic E-state index is 13.0. The topological polar surface area (TPSA) is 96.5 Å². The van der Waals surface area contributed by atoms with Crippen LogP contribution in [0.1, 0.15) is 65.6 Å². The first kappa shape index (κ1) is 17.8. The van der Waals surface area contributed by atoms with Crippen molar-refractivity contribution in [3.63, 3.8) is 0 Å². The van der Waals surface area contributed by atoms with E-state index in [0.717, 1.165) is 61.2 Å². The molecule has 8 heteroatoms. The van der Waals surface area contributed by atoms with Gasteiger partial charge in [0.25, 0.3) is 5.89 Å². The molecule has 1 saturated heterocycles. The lowest BCUT2D eigenvalue weighted by Crippen LogP contribution is -2.41. The number of carbonyl (C=O) groups is 2. The first-order valence-electron chi connectivity index (χ1n) is 10.1. The van der Waals surface area contributed by atoms with Crippen LogP contribution in [0.4, 0.5) is 0 Å². The zero-order valence-corrected chi connectivity index (χ0v) is 16.5. The maximum atomic E-state index is 13.0. The van der Waals surface area contributed by atoms with E-state index in [0.29, 0.717) is 24.8 Å². The van der Waals surface area contributed by atoms with Crippen LogP contribution in [0.15, 0.2) is 4.52 Å². The summed E-state index contributed by atoms with van der Waals surface area (Å²) in [5.74, 6) is 0.681. The molecule has 7 nitrogen and oxygen atoms in total. The molecule has 0 aromatic carbocycles. The molecule has 1 N–H and O–H groups in total. The minimum Gasteiger partial charge on any atom is -0.480 e. The molecule has 1 amide bonds. The van der Waals surface area contributed by atoms with Crippen LogP contribution >= 0.6 is 11.3 Å². The third kappa shape index (κ3) is 3.13. The van der Waals surface area contributed by atoms with Crippen LogP contribution in [0.25, 0.3) is 11.5 Å². The van der Waals surface area contributed by atoms with E-state index in [4.69, 9.17) is 4.52 Å². The zero-order valence-electron chi connectivity index (χ0n) is 15.6. The molecule has 148 valence electrons. The highest BCUT2D eigenvalue weighted by Crippen LogP contribution is 2.43. The summed E-state index contributed by atoms with van der Waals surface area (Å²) in [6.45, 7) is 0.516. The van der Waals surface area contributed by atoms with Gasteiger partial charge in [0, 0.05) is 22.2 Å². The van der Waals surface area contributed by atoms with Gasteiger partial charge in [-0.25, -0.2) is 4.79 Å². The Labute approximate surface area is 166 Å². The molecule has 2 aromatic rings. The Morgan fingerprint density at radius 1 is 1.18 bits per heavy atom. The maximum Gasteiger partial charge on any atom is 0.326 e. The molecule has 3 heterocycles. The minimum absolute atomic E-state index is 0.119. The number of nitrogens with zero attached hydrogens (tertiary/aromatic N) is 3. The average molecular weight is 401 g/mol. The van der Waals surface area contributed by atoms with Crippen LogP contribution in [0.5, 0.6) is 0 Å². The van der Waals surface area contributed by atoms with Crippen molar-refractivity contribution in [3.05, 3.63) is 21.1 Å². The van der Waals surface area contributed by atoms with E-state index < -0.39 is 12.0 Å². The van der Waals surface area contributed by atoms with Gasteiger partial charge in [0.15, 0.2) is 5.82 Å². The van der Waals surface area contributed by atoms with Crippen molar-refractivity contribution in [3.8, 4) is 11.5 Å². The third-order valence-electron chi connectivity index (χ3n) is 6.01. The van der Waals surface area contributed by atoms with Crippen LogP contribution in [0.3, 0.4) is 0 Å². The van der Waals surface area contributed by atoms with Crippen LogP contribution < -0.4 is 0 Å². The van der Waals surface area contributed by atoms with E-state index in [1.165, 1.54) is 15.3 Å². The minimum atomic E-state index is -0.914. The SMILES string of the molecule is O=C(O)[C@@H]1CCCN1C(=O)Cc1sc2c(c1-c1nc(C3CC3)no1)CCCC2. The number of hydrogen-bond acceptors (Lipinski definition) is 6. The smallest absolute Gasteiger partial charge is 0.326 e. The van der Waals surface area contributed by atoms with Gasteiger partial charge in [-0.15, -0.1) is 11.3 Å². The molecule has 28 heavy (non-hydrogen) atoms. The highest BCUT2D eigenvalue weighted by Gasteiger charge is 2.36. The molecule has 1 saturated carbocycles. The van der Waals surface area contributed by atoms with Gasteiger partial charge in [-0.2, -0.15) is 4.98 Å². The zero-order chi connectivity index (χ0) is 19.3. The monoisotopic (exact) mass is 401 g/mol. The Kier molecular flexibility index (Phi) is 4.45. The van der Waals surface area contributed by atoms with Crippen molar-refractivity contribution in [1.82, 2.24) is 15.0 Å². The van der Waals surface area contributed by atoms with Gasteiger partial charge in [-0.3, -0.25) is 4.79 Å².